The van der Waals surface area contributed by atoms with Crippen LogP contribution in [0.25, 0.3) is 6.08 Å². The molecule has 2 aromatic rings. The van der Waals surface area contributed by atoms with Crippen LogP contribution in [0.2, 0.25) is 0 Å². The van der Waals surface area contributed by atoms with Gasteiger partial charge in [-0.2, -0.15) is 0 Å². The Kier molecular flexibility index (Phi) is 8.67. The van der Waals surface area contributed by atoms with Crippen LogP contribution in [0.4, 0.5) is 5.13 Å². The van der Waals surface area contributed by atoms with Crippen LogP contribution in [-0.4, -0.2) is 80.8 Å². The molecule has 2 aromatic heterocycles. The van der Waals surface area contributed by atoms with Crippen LogP contribution in [0.1, 0.15) is 32.2 Å². The molecule has 1 fully saturated rings. The number of carbonyl (C=O) groups excluding carboxylic acids is 4. The number of esters is 2. The van der Waals surface area contributed by atoms with E-state index < -0.39 is 53.1 Å². The number of oxime groups is 1. The minimum Gasteiger partial charge on any atom is -0.479 e. The molecule has 218 valence electrons. The van der Waals surface area contributed by atoms with Gasteiger partial charge in [0.1, 0.15) is 22.8 Å². The lowest BCUT2D eigenvalue weighted by Gasteiger charge is -2.49. The molecule has 0 aliphatic carbocycles. The summed E-state index contributed by atoms with van der Waals surface area (Å²) in [6.07, 6.45) is 3.09. The first-order chi connectivity index (χ1) is 19.4. The van der Waals surface area contributed by atoms with Crippen LogP contribution in [-0.2, 0) is 28.7 Å². The predicted molar refractivity (Wildman–Crippen MR) is 145 cm³/mol. The first-order valence-electron chi connectivity index (χ1n) is 11.9. The summed E-state index contributed by atoms with van der Waals surface area (Å²) in [6.45, 7) is 4.27. The van der Waals surface area contributed by atoms with Gasteiger partial charge in [0, 0.05) is 17.2 Å². The van der Waals surface area contributed by atoms with E-state index >= 15 is 0 Å². The van der Waals surface area contributed by atoms with Gasteiger partial charge < -0.3 is 35.0 Å². The Labute approximate surface area is 241 Å². The number of β-lactam (4-membered cyclic amide) rings is 1. The molecule has 0 spiro atoms. The lowest BCUT2D eigenvalue weighted by Crippen LogP contribution is -2.71. The topological polar surface area (TPSA) is 209 Å². The van der Waals surface area contributed by atoms with Crippen LogP contribution in [0, 0.1) is 5.41 Å². The largest absolute Gasteiger partial charge is 0.479 e. The summed E-state index contributed by atoms with van der Waals surface area (Å²) >= 11 is 2.32. The number of hydrogen-bond donors (Lipinski definition) is 3. The Morgan fingerprint density at radius 1 is 1.32 bits per heavy atom. The van der Waals surface area contributed by atoms with Crippen molar-refractivity contribution in [3.05, 3.63) is 40.2 Å². The van der Waals surface area contributed by atoms with Crippen LogP contribution < -0.4 is 15.8 Å². The molecule has 2 amide bonds. The summed E-state index contributed by atoms with van der Waals surface area (Å²) in [7, 11) is 1.43. The van der Waals surface area contributed by atoms with Gasteiger partial charge in [0.2, 0.25) is 6.79 Å². The number of nitrogens with two attached hydrogens (primary N) is 1. The van der Waals surface area contributed by atoms with Crippen LogP contribution in [0.5, 0.6) is 5.88 Å². The maximum absolute atomic E-state index is 13.2. The third-order valence-corrected chi connectivity index (χ3v) is 7.69. The molecule has 2 aliphatic heterocycles. The van der Waals surface area contributed by atoms with Gasteiger partial charge in [-0.1, -0.05) is 11.2 Å². The second-order valence-corrected chi connectivity index (χ2v) is 11.6. The van der Waals surface area contributed by atoms with Gasteiger partial charge in [0.25, 0.3) is 17.7 Å². The summed E-state index contributed by atoms with van der Waals surface area (Å²) in [4.78, 5) is 56.4. The SMILES string of the molecule is COc1cc(/C=C/C2=C(C(=O)OCOC(=O)C(C)(C)C)N3C(=O)C(NC(=O)/C(=N\O)c4csc(N)n4)C3SC2)on1. The molecule has 0 aromatic carbocycles. The third kappa shape index (κ3) is 6.35. The van der Waals surface area contributed by atoms with E-state index in [9.17, 15) is 24.4 Å². The lowest BCUT2D eigenvalue weighted by molar-refractivity contribution is -0.173. The van der Waals surface area contributed by atoms with Gasteiger partial charge in [-0.05, 0) is 37.6 Å². The molecule has 0 bridgehead atoms. The van der Waals surface area contributed by atoms with E-state index in [1.54, 1.807) is 26.8 Å². The highest BCUT2D eigenvalue weighted by molar-refractivity contribution is 8.00. The number of fused-ring (bicyclic) bond motifs is 1. The van der Waals surface area contributed by atoms with Crippen LogP contribution >= 0.6 is 23.1 Å². The number of anilines is 1. The zero-order valence-electron chi connectivity index (χ0n) is 22.3. The molecule has 0 saturated carbocycles. The summed E-state index contributed by atoms with van der Waals surface area (Å²) in [6, 6.07) is 0.474. The van der Waals surface area contributed by atoms with Gasteiger partial charge in [-0.25, -0.2) is 9.78 Å². The summed E-state index contributed by atoms with van der Waals surface area (Å²) in [5.41, 5.74) is 4.71. The van der Waals surface area contributed by atoms with E-state index in [4.69, 9.17) is 24.5 Å². The average Bonchev–Trinajstić information content (AvgIpc) is 3.58. The molecule has 0 radical (unpaired) electrons. The standard InChI is InChI=1S/C24H26N6O9S2/c1-24(2,3)22(34)38-10-37-21(33)17-11(5-6-12-7-14(36-4)29-39-12)8-40-20-16(19(32)30(17)20)27-18(31)15(28-35)13-9-41-23(25)26-13/h5-7,9,16,20,35H,8,10H2,1-4H3,(H2,25,26)(H,27,31)/b6-5+,28-15-. The second kappa shape index (κ2) is 12.0. The van der Waals surface area contributed by atoms with Gasteiger partial charge in [0.05, 0.1) is 12.5 Å². The number of thioether (sulfide) groups is 1. The normalized spacial score (nSPS) is 19.1. The van der Waals surface area contributed by atoms with E-state index in [-0.39, 0.29) is 28.2 Å². The number of aromatic nitrogens is 2. The number of nitrogen functional groups attached to an aromatic ring is 1. The Balaban J connectivity index is 1.54. The molecule has 4 heterocycles. The van der Waals surface area contributed by atoms with E-state index in [2.05, 4.69) is 20.6 Å². The van der Waals surface area contributed by atoms with Crippen molar-refractivity contribution in [2.75, 3.05) is 25.4 Å². The monoisotopic (exact) mass is 606 g/mol. The summed E-state index contributed by atoms with van der Waals surface area (Å²) < 4.78 is 20.4. The number of thiazole rings is 1. The highest BCUT2D eigenvalue weighted by atomic mass is 32.2. The van der Waals surface area contributed by atoms with Gasteiger partial charge in [-0.15, -0.1) is 23.1 Å². The average molecular weight is 607 g/mol. The van der Waals surface area contributed by atoms with Crippen LogP contribution in [0.15, 0.2) is 38.5 Å². The Bertz CT molecular complexity index is 1460. The fourth-order valence-electron chi connectivity index (χ4n) is 3.63. The zero-order chi connectivity index (χ0) is 29.9. The quantitative estimate of drug-likeness (QED) is 0.0921. The molecule has 15 nitrogen and oxygen atoms in total. The molecule has 2 atom stereocenters. The number of methoxy groups -OCH3 is 1. The van der Waals surface area contributed by atoms with Crippen molar-refractivity contribution in [3.63, 3.8) is 0 Å². The lowest BCUT2D eigenvalue weighted by atomic mass is 9.98. The number of amides is 2. The number of nitrogens with one attached hydrogen (secondary N) is 1. The van der Waals surface area contributed by atoms with Gasteiger partial charge >= 0.3 is 11.9 Å². The fourth-order valence-corrected chi connectivity index (χ4v) is 5.50. The Hall–Kier alpha value is -4.38. The fraction of sp³-hybridized carbons (Fsp3) is 0.375. The van der Waals surface area contributed by atoms with Crippen molar-refractivity contribution < 1.29 is 43.1 Å². The second-order valence-electron chi connectivity index (χ2n) is 9.59. The predicted octanol–water partition coefficient (Wildman–Crippen LogP) is 1.36. The number of hydrogen-bond acceptors (Lipinski definition) is 15. The van der Waals surface area contributed by atoms with Crippen molar-refractivity contribution in [2.45, 2.75) is 32.2 Å². The molecular formula is C24H26N6O9S2. The molecule has 2 unspecified atom stereocenters. The number of allylic oxidation sites excluding steroid dienone is 1. The molecule has 4 rings (SSSR count). The van der Waals surface area contributed by atoms with Crippen molar-refractivity contribution in [1.29, 1.82) is 0 Å². The Morgan fingerprint density at radius 3 is 2.68 bits per heavy atom. The minimum absolute atomic E-state index is 0.0397. The zero-order valence-corrected chi connectivity index (χ0v) is 23.9. The maximum Gasteiger partial charge on any atom is 0.358 e. The summed E-state index contributed by atoms with van der Waals surface area (Å²) in [5, 5.41) is 19.5. The van der Waals surface area contributed by atoms with Crippen LogP contribution in [0.3, 0.4) is 0 Å². The molecule has 41 heavy (non-hydrogen) atoms. The minimum atomic E-state index is -1.05. The van der Waals surface area contributed by atoms with E-state index in [0.29, 0.717) is 11.3 Å². The number of nitrogens with zero attached hydrogens (tertiary/aromatic N) is 4. The summed E-state index contributed by atoms with van der Waals surface area (Å²) in [5.74, 6) is -2.16. The van der Waals surface area contributed by atoms with Gasteiger partial charge in [-0.3, -0.25) is 19.3 Å². The highest BCUT2D eigenvalue weighted by Gasteiger charge is 2.54. The van der Waals surface area contributed by atoms with E-state index in [1.807, 2.05) is 0 Å². The Morgan fingerprint density at radius 2 is 2.07 bits per heavy atom. The molecule has 1 saturated heterocycles. The molecule has 2 aliphatic rings. The molecule has 17 heteroatoms. The maximum atomic E-state index is 13.2. The van der Waals surface area contributed by atoms with Crippen molar-refractivity contribution >= 4 is 63.8 Å². The van der Waals surface area contributed by atoms with Crippen molar-refractivity contribution in [2.24, 2.45) is 10.6 Å². The number of rotatable bonds is 9. The highest BCUT2D eigenvalue weighted by Crippen LogP contribution is 2.41. The van der Waals surface area contributed by atoms with Crippen molar-refractivity contribution in [3.8, 4) is 5.88 Å². The third-order valence-electron chi connectivity index (χ3n) is 5.71. The van der Waals surface area contributed by atoms with Gasteiger partial charge in [0.15, 0.2) is 16.6 Å². The van der Waals surface area contributed by atoms with Crippen molar-refractivity contribution in [1.82, 2.24) is 20.4 Å². The smallest absolute Gasteiger partial charge is 0.358 e. The van der Waals surface area contributed by atoms with E-state index in [0.717, 1.165) is 11.3 Å². The van der Waals surface area contributed by atoms with E-state index in [1.165, 1.54) is 41.3 Å². The molecule has 4 N–H and O–H groups in total. The first-order valence-corrected chi connectivity index (χ1v) is 13.8. The number of carbonyl (C=O) groups is 4. The molecular weight excluding hydrogens is 580 g/mol. The number of ether oxygens (including phenoxy) is 3. The first kappa shape index (κ1) is 29.6.